The topological polar surface area (TPSA) is 39.4 Å². The largest absolute Gasteiger partial charge is 0.483 e. The van der Waals surface area contributed by atoms with Crippen LogP contribution in [0.5, 0.6) is 5.75 Å². The van der Waals surface area contributed by atoms with Gasteiger partial charge in [0.2, 0.25) is 0 Å². The van der Waals surface area contributed by atoms with Crippen molar-refractivity contribution in [2.45, 2.75) is 39.7 Å². The van der Waals surface area contributed by atoms with Crippen molar-refractivity contribution in [3.63, 3.8) is 0 Å². The van der Waals surface area contributed by atoms with Crippen molar-refractivity contribution in [1.82, 2.24) is 0 Å². The normalized spacial score (nSPS) is 20.6. The standard InChI is InChI=1S/C17H18O3/c1-10(2)8-17(4)9-13-14(20-17)6-5-12-11(3)7-15(18)19-16(12)13/h5-8H,9H2,1-4H3. The highest BCUT2D eigenvalue weighted by Crippen LogP contribution is 2.40. The maximum atomic E-state index is 11.6. The van der Waals surface area contributed by atoms with Crippen molar-refractivity contribution in [3.05, 3.63) is 51.4 Å². The molecule has 0 N–H and O–H groups in total. The van der Waals surface area contributed by atoms with E-state index in [-0.39, 0.29) is 11.2 Å². The van der Waals surface area contributed by atoms with E-state index in [2.05, 4.69) is 26.8 Å². The third-order valence-electron chi connectivity index (χ3n) is 3.64. The molecule has 20 heavy (non-hydrogen) atoms. The molecule has 2 heterocycles. The molecular formula is C17H18O3. The van der Waals surface area contributed by atoms with Gasteiger partial charge in [0, 0.05) is 23.4 Å². The van der Waals surface area contributed by atoms with E-state index in [9.17, 15) is 4.79 Å². The third-order valence-corrected chi connectivity index (χ3v) is 3.64. The molecule has 1 aromatic carbocycles. The molecule has 0 saturated carbocycles. The zero-order valence-electron chi connectivity index (χ0n) is 12.2. The van der Waals surface area contributed by atoms with Crippen molar-refractivity contribution < 1.29 is 9.15 Å². The lowest BCUT2D eigenvalue weighted by Gasteiger charge is -2.20. The van der Waals surface area contributed by atoms with E-state index < -0.39 is 0 Å². The number of rotatable bonds is 1. The van der Waals surface area contributed by atoms with Crippen LogP contribution in [-0.4, -0.2) is 5.60 Å². The van der Waals surface area contributed by atoms with E-state index in [1.54, 1.807) is 0 Å². The highest BCUT2D eigenvalue weighted by molar-refractivity contribution is 5.85. The first-order chi connectivity index (χ1) is 9.38. The fourth-order valence-corrected chi connectivity index (χ4v) is 3.01. The minimum Gasteiger partial charge on any atom is -0.483 e. The third kappa shape index (κ3) is 2.03. The van der Waals surface area contributed by atoms with Crippen LogP contribution < -0.4 is 10.4 Å². The number of ether oxygens (including phenoxy) is 1. The van der Waals surface area contributed by atoms with Crippen LogP contribution in [0.4, 0.5) is 0 Å². The molecular weight excluding hydrogens is 252 g/mol. The Morgan fingerprint density at radius 2 is 2.10 bits per heavy atom. The Morgan fingerprint density at radius 1 is 1.35 bits per heavy atom. The second-order valence-electron chi connectivity index (χ2n) is 5.98. The van der Waals surface area contributed by atoms with Crippen molar-refractivity contribution in [3.8, 4) is 5.75 Å². The second-order valence-corrected chi connectivity index (χ2v) is 5.98. The average Bonchev–Trinajstić information content (AvgIpc) is 2.64. The van der Waals surface area contributed by atoms with Crippen LogP contribution in [0.1, 0.15) is 31.9 Å². The Balaban J connectivity index is 2.22. The lowest BCUT2D eigenvalue weighted by Crippen LogP contribution is -2.27. The molecule has 3 heteroatoms. The van der Waals surface area contributed by atoms with Crippen LogP contribution in [-0.2, 0) is 6.42 Å². The van der Waals surface area contributed by atoms with Gasteiger partial charge >= 0.3 is 5.63 Å². The fraction of sp³-hybridized carbons (Fsp3) is 0.353. The van der Waals surface area contributed by atoms with E-state index in [0.717, 1.165) is 28.7 Å². The zero-order valence-corrected chi connectivity index (χ0v) is 12.2. The van der Waals surface area contributed by atoms with E-state index in [4.69, 9.17) is 9.15 Å². The summed E-state index contributed by atoms with van der Waals surface area (Å²) in [7, 11) is 0. The predicted octanol–water partition coefficient (Wildman–Crippen LogP) is 3.76. The monoisotopic (exact) mass is 270 g/mol. The Labute approximate surface area is 117 Å². The maximum Gasteiger partial charge on any atom is 0.336 e. The highest BCUT2D eigenvalue weighted by atomic mass is 16.5. The summed E-state index contributed by atoms with van der Waals surface area (Å²) in [6.07, 6.45) is 2.84. The Hall–Kier alpha value is -2.03. The van der Waals surface area contributed by atoms with E-state index in [1.807, 2.05) is 19.1 Å². The first kappa shape index (κ1) is 13.0. The van der Waals surface area contributed by atoms with Crippen molar-refractivity contribution in [2.75, 3.05) is 0 Å². The lowest BCUT2D eigenvalue weighted by molar-refractivity contribution is 0.170. The number of hydrogen-bond donors (Lipinski definition) is 0. The molecule has 0 aliphatic carbocycles. The van der Waals surface area contributed by atoms with Gasteiger partial charge in [-0.3, -0.25) is 0 Å². The molecule has 0 saturated heterocycles. The summed E-state index contributed by atoms with van der Waals surface area (Å²) in [4.78, 5) is 11.6. The van der Waals surface area contributed by atoms with E-state index in [0.29, 0.717) is 5.58 Å². The molecule has 3 nitrogen and oxygen atoms in total. The molecule has 3 rings (SSSR count). The Kier molecular flexibility index (Phi) is 2.75. The summed E-state index contributed by atoms with van der Waals surface area (Å²) in [6, 6.07) is 5.45. The van der Waals surface area contributed by atoms with Crippen LogP contribution in [0.15, 0.2) is 39.1 Å². The van der Waals surface area contributed by atoms with Gasteiger partial charge in [0.1, 0.15) is 16.9 Å². The fourth-order valence-electron chi connectivity index (χ4n) is 3.01. The van der Waals surface area contributed by atoms with Gasteiger partial charge in [-0.25, -0.2) is 4.79 Å². The number of aryl methyl sites for hydroxylation is 1. The van der Waals surface area contributed by atoms with Crippen LogP contribution in [0.2, 0.25) is 0 Å². The van der Waals surface area contributed by atoms with Crippen LogP contribution in [0.25, 0.3) is 11.0 Å². The summed E-state index contributed by atoms with van der Waals surface area (Å²) in [5.41, 5.74) is 3.13. The van der Waals surface area contributed by atoms with Crippen LogP contribution >= 0.6 is 0 Å². The van der Waals surface area contributed by atoms with Gasteiger partial charge in [-0.1, -0.05) is 5.57 Å². The summed E-state index contributed by atoms with van der Waals surface area (Å²) >= 11 is 0. The van der Waals surface area contributed by atoms with Gasteiger partial charge in [-0.05, 0) is 51.5 Å². The van der Waals surface area contributed by atoms with Gasteiger partial charge in [0.05, 0.1) is 0 Å². The smallest absolute Gasteiger partial charge is 0.336 e. The van der Waals surface area contributed by atoms with Crippen molar-refractivity contribution >= 4 is 11.0 Å². The molecule has 0 bridgehead atoms. The number of allylic oxidation sites excluding steroid dienone is 1. The quantitative estimate of drug-likeness (QED) is 0.585. The minimum absolute atomic E-state index is 0.306. The molecule has 1 aliphatic rings. The molecule has 0 amide bonds. The summed E-state index contributed by atoms with van der Waals surface area (Å²) in [5, 5.41) is 0.980. The van der Waals surface area contributed by atoms with Gasteiger partial charge in [-0.15, -0.1) is 0 Å². The summed E-state index contributed by atoms with van der Waals surface area (Å²) in [6.45, 7) is 8.09. The van der Waals surface area contributed by atoms with Crippen LogP contribution in [0, 0.1) is 6.92 Å². The predicted molar refractivity (Wildman–Crippen MR) is 79.4 cm³/mol. The molecule has 1 aromatic heterocycles. The van der Waals surface area contributed by atoms with Crippen molar-refractivity contribution in [2.24, 2.45) is 0 Å². The molecule has 0 radical (unpaired) electrons. The lowest BCUT2D eigenvalue weighted by atomic mass is 9.95. The molecule has 0 fully saturated rings. The minimum atomic E-state index is -0.363. The molecule has 1 atom stereocenters. The first-order valence-corrected chi connectivity index (χ1v) is 6.79. The van der Waals surface area contributed by atoms with Crippen molar-refractivity contribution in [1.29, 1.82) is 0 Å². The zero-order chi connectivity index (χ0) is 14.5. The number of fused-ring (bicyclic) bond motifs is 3. The number of benzene rings is 1. The van der Waals surface area contributed by atoms with E-state index in [1.165, 1.54) is 11.6 Å². The average molecular weight is 270 g/mol. The second kappa shape index (κ2) is 4.23. The molecule has 1 aliphatic heterocycles. The molecule has 0 spiro atoms. The SMILES string of the molecule is CC(C)=CC1(C)Cc2c(ccc3c(C)cc(=O)oc23)O1. The van der Waals surface area contributed by atoms with E-state index >= 15 is 0 Å². The number of hydrogen-bond acceptors (Lipinski definition) is 3. The molecule has 1 unspecified atom stereocenters. The van der Waals surface area contributed by atoms with Gasteiger partial charge < -0.3 is 9.15 Å². The molecule has 2 aromatic rings. The van der Waals surface area contributed by atoms with Crippen LogP contribution in [0.3, 0.4) is 0 Å². The maximum absolute atomic E-state index is 11.6. The summed E-state index contributed by atoms with van der Waals surface area (Å²) < 4.78 is 11.5. The first-order valence-electron chi connectivity index (χ1n) is 6.79. The van der Waals surface area contributed by atoms with Gasteiger partial charge in [-0.2, -0.15) is 0 Å². The van der Waals surface area contributed by atoms with Gasteiger partial charge in [0.25, 0.3) is 0 Å². The van der Waals surface area contributed by atoms with Gasteiger partial charge in [0.15, 0.2) is 0 Å². The Morgan fingerprint density at radius 3 is 2.80 bits per heavy atom. The summed E-state index contributed by atoms with van der Waals surface area (Å²) in [5.74, 6) is 0.811. The Bertz CT molecular complexity index is 779. The highest BCUT2D eigenvalue weighted by Gasteiger charge is 2.35. The molecule has 104 valence electrons.